The number of rotatable bonds is 6. The van der Waals surface area contributed by atoms with E-state index in [-0.39, 0.29) is 11.8 Å². The Morgan fingerprint density at radius 2 is 1.60 bits per heavy atom. The van der Waals surface area contributed by atoms with Gasteiger partial charge in [-0.25, -0.2) is 0 Å². The molecule has 6 nitrogen and oxygen atoms in total. The molecule has 2 amide bonds. The molecule has 0 radical (unpaired) electrons. The highest BCUT2D eigenvalue weighted by molar-refractivity contribution is 9.10. The van der Waals surface area contributed by atoms with Gasteiger partial charge in [0.05, 0.1) is 0 Å². The highest BCUT2D eigenvalue weighted by Gasteiger charge is 2.09. The summed E-state index contributed by atoms with van der Waals surface area (Å²) in [4.78, 5) is 35.9. The third-order valence-corrected chi connectivity index (χ3v) is 4.63. The van der Waals surface area contributed by atoms with Crippen LogP contribution in [0.25, 0.3) is 0 Å². The molecular weight excluding hydrogens is 448 g/mol. The summed E-state index contributed by atoms with van der Waals surface area (Å²) in [5.41, 5.74) is 2.36. The number of benzene rings is 3. The Labute approximate surface area is 182 Å². The van der Waals surface area contributed by atoms with E-state index in [0.29, 0.717) is 29.1 Å². The minimum absolute atomic E-state index is 0.181. The number of esters is 1. The van der Waals surface area contributed by atoms with Crippen molar-refractivity contribution >= 4 is 39.4 Å². The van der Waals surface area contributed by atoms with Crippen LogP contribution in [0.4, 0.5) is 5.69 Å². The topological polar surface area (TPSA) is 84.5 Å². The van der Waals surface area contributed by atoms with E-state index in [2.05, 4.69) is 26.6 Å². The zero-order valence-electron chi connectivity index (χ0n) is 16.1. The summed E-state index contributed by atoms with van der Waals surface area (Å²) in [6, 6.07) is 20.7. The first kappa shape index (κ1) is 21.3. The largest absolute Gasteiger partial charge is 0.427 e. The summed E-state index contributed by atoms with van der Waals surface area (Å²) in [7, 11) is 0. The normalized spacial score (nSPS) is 10.2. The fourth-order valence-corrected chi connectivity index (χ4v) is 2.98. The van der Waals surface area contributed by atoms with Crippen LogP contribution < -0.4 is 15.4 Å². The van der Waals surface area contributed by atoms with Gasteiger partial charge in [-0.05, 0) is 60.2 Å². The first-order valence-corrected chi connectivity index (χ1v) is 9.92. The predicted molar refractivity (Wildman–Crippen MR) is 117 cm³/mol. The first-order chi connectivity index (χ1) is 14.4. The van der Waals surface area contributed by atoms with Gasteiger partial charge in [-0.15, -0.1) is 0 Å². The number of anilines is 1. The minimum atomic E-state index is -0.453. The molecule has 3 rings (SSSR count). The van der Waals surface area contributed by atoms with Crippen LogP contribution in [0.1, 0.15) is 33.2 Å². The SMILES string of the molecule is CC(=O)Oc1cccc(C(=O)Nc2cccc(CNC(=O)c3ccc(Br)cc3)c2)c1. The quantitative estimate of drug-likeness (QED) is 0.412. The summed E-state index contributed by atoms with van der Waals surface area (Å²) in [5, 5.41) is 5.66. The summed E-state index contributed by atoms with van der Waals surface area (Å²) in [6.07, 6.45) is 0. The molecule has 0 aromatic heterocycles. The number of hydrogen-bond donors (Lipinski definition) is 2. The second-order valence-corrected chi connectivity index (χ2v) is 7.38. The van der Waals surface area contributed by atoms with Crippen LogP contribution in [0.5, 0.6) is 5.75 Å². The Kier molecular flexibility index (Phi) is 6.98. The molecule has 0 aliphatic carbocycles. The van der Waals surface area contributed by atoms with E-state index in [0.717, 1.165) is 10.0 Å². The molecule has 3 aromatic carbocycles. The van der Waals surface area contributed by atoms with Crippen LogP contribution in [0.15, 0.2) is 77.3 Å². The van der Waals surface area contributed by atoms with Crippen molar-refractivity contribution < 1.29 is 19.1 Å². The summed E-state index contributed by atoms with van der Waals surface area (Å²) in [5.74, 6) is -0.663. The molecule has 0 fully saturated rings. The van der Waals surface area contributed by atoms with Crippen molar-refractivity contribution in [3.63, 3.8) is 0 Å². The molecular formula is C23H19BrN2O4. The molecule has 0 bridgehead atoms. The van der Waals surface area contributed by atoms with Crippen molar-refractivity contribution in [1.82, 2.24) is 5.32 Å². The van der Waals surface area contributed by atoms with Gasteiger partial charge < -0.3 is 15.4 Å². The summed E-state index contributed by atoms with van der Waals surface area (Å²) < 4.78 is 5.91. The zero-order valence-corrected chi connectivity index (χ0v) is 17.7. The number of hydrogen-bond acceptors (Lipinski definition) is 4. The average Bonchev–Trinajstić information content (AvgIpc) is 2.72. The highest BCUT2D eigenvalue weighted by atomic mass is 79.9. The molecule has 7 heteroatoms. The number of carbonyl (C=O) groups is 3. The van der Waals surface area contributed by atoms with Crippen LogP contribution in [0.2, 0.25) is 0 Å². The van der Waals surface area contributed by atoms with Crippen LogP contribution >= 0.6 is 15.9 Å². The van der Waals surface area contributed by atoms with Crippen molar-refractivity contribution in [3.05, 3.63) is 94.0 Å². The average molecular weight is 467 g/mol. The van der Waals surface area contributed by atoms with Crippen LogP contribution in [0, 0.1) is 0 Å². The van der Waals surface area contributed by atoms with Crippen LogP contribution in [-0.4, -0.2) is 17.8 Å². The number of amides is 2. The van der Waals surface area contributed by atoms with Gasteiger partial charge in [0, 0.05) is 34.8 Å². The Bertz CT molecular complexity index is 1080. The second-order valence-electron chi connectivity index (χ2n) is 6.47. The molecule has 0 unspecified atom stereocenters. The Balaban J connectivity index is 1.62. The van der Waals surface area contributed by atoms with Crippen LogP contribution in [0.3, 0.4) is 0 Å². The van der Waals surface area contributed by atoms with Crippen molar-refractivity contribution in [3.8, 4) is 5.75 Å². The maximum absolute atomic E-state index is 12.5. The maximum atomic E-state index is 12.5. The van der Waals surface area contributed by atoms with E-state index < -0.39 is 5.97 Å². The standard InChI is InChI=1S/C23H19BrN2O4/c1-15(27)30-21-7-3-5-18(13-21)23(29)26-20-6-2-4-16(12-20)14-25-22(28)17-8-10-19(24)11-9-17/h2-13H,14H2,1H3,(H,25,28)(H,26,29). The molecule has 30 heavy (non-hydrogen) atoms. The van der Waals surface area contributed by atoms with Gasteiger partial charge in [-0.3, -0.25) is 14.4 Å². The first-order valence-electron chi connectivity index (χ1n) is 9.13. The molecule has 0 saturated carbocycles. The Morgan fingerprint density at radius 3 is 2.33 bits per heavy atom. The lowest BCUT2D eigenvalue weighted by molar-refractivity contribution is -0.131. The van der Waals surface area contributed by atoms with Gasteiger partial charge in [0.1, 0.15) is 5.75 Å². The van der Waals surface area contributed by atoms with E-state index in [9.17, 15) is 14.4 Å². The maximum Gasteiger partial charge on any atom is 0.308 e. The molecule has 0 aliphatic heterocycles. The third kappa shape index (κ3) is 6.02. The van der Waals surface area contributed by atoms with Crippen molar-refractivity contribution in [2.45, 2.75) is 13.5 Å². The van der Waals surface area contributed by atoms with E-state index in [1.54, 1.807) is 48.5 Å². The summed E-state index contributed by atoms with van der Waals surface area (Å²) >= 11 is 3.34. The monoisotopic (exact) mass is 466 g/mol. The molecule has 0 heterocycles. The fourth-order valence-electron chi connectivity index (χ4n) is 2.71. The lowest BCUT2D eigenvalue weighted by Crippen LogP contribution is -2.22. The molecule has 152 valence electrons. The van der Waals surface area contributed by atoms with Gasteiger partial charge >= 0.3 is 5.97 Å². The van der Waals surface area contributed by atoms with E-state index in [1.807, 2.05) is 18.2 Å². The zero-order chi connectivity index (χ0) is 21.5. The molecule has 2 N–H and O–H groups in total. The third-order valence-electron chi connectivity index (χ3n) is 4.10. The lowest BCUT2D eigenvalue weighted by atomic mass is 10.1. The van der Waals surface area contributed by atoms with Crippen LogP contribution in [-0.2, 0) is 11.3 Å². The van der Waals surface area contributed by atoms with Crippen molar-refractivity contribution in [2.75, 3.05) is 5.32 Å². The summed E-state index contributed by atoms with van der Waals surface area (Å²) in [6.45, 7) is 1.62. The van der Waals surface area contributed by atoms with E-state index >= 15 is 0 Å². The van der Waals surface area contributed by atoms with Gasteiger partial charge in [0.2, 0.25) is 0 Å². The molecule has 0 atom stereocenters. The second kappa shape index (κ2) is 9.84. The Hall–Kier alpha value is -3.45. The van der Waals surface area contributed by atoms with Gasteiger partial charge in [0.15, 0.2) is 0 Å². The van der Waals surface area contributed by atoms with Gasteiger partial charge in [-0.1, -0.05) is 34.1 Å². The van der Waals surface area contributed by atoms with E-state index in [4.69, 9.17) is 4.74 Å². The highest BCUT2D eigenvalue weighted by Crippen LogP contribution is 2.17. The number of ether oxygens (including phenoxy) is 1. The van der Waals surface area contributed by atoms with Gasteiger partial charge in [0.25, 0.3) is 11.8 Å². The lowest BCUT2D eigenvalue weighted by Gasteiger charge is -2.10. The van der Waals surface area contributed by atoms with Crippen molar-refractivity contribution in [2.24, 2.45) is 0 Å². The van der Waals surface area contributed by atoms with Crippen molar-refractivity contribution in [1.29, 1.82) is 0 Å². The molecule has 0 saturated heterocycles. The molecule has 0 aliphatic rings. The number of nitrogens with one attached hydrogen (secondary N) is 2. The predicted octanol–water partition coefficient (Wildman–Crippen LogP) is 4.56. The smallest absolute Gasteiger partial charge is 0.308 e. The fraction of sp³-hybridized carbons (Fsp3) is 0.0870. The molecule has 3 aromatic rings. The number of carbonyl (C=O) groups excluding carboxylic acids is 3. The number of halogens is 1. The molecule has 0 spiro atoms. The van der Waals surface area contributed by atoms with Gasteiger partial charge in [-0.2, -0.15) is 0 Å². The minimum Gasteiger partial charge on any atom is -0.427 e. The van der Waals surface area contributed by atoms with E-state index in [1.165, 1.54) is 13.0 Å². The Morgan fingerprint density at radius 1 is 0.867 bits per heavy atom.